The Labute approximate surface area is 174 Å². The number of benzene rings is 1. The molecule has 1 aromatic heterocycles. The third-order valence-electron chi connectivity index (χ3n) is 5.80. The topological polar surface area (TPSA) is 95.4 Å². The summed E-state index contributed by atoms with van der Waals surface area (Å²) in [5.41, 5.74) is -0.0790. The lowest BCUT2D eigenvalue weighted by atomic mass is 9.94. The van der Waals surface area contributed by atoms with Crippen molar-refractivity contribution in [3.8, 4) is 0 Å². The molecule has 1 aromatic carbocycles. The summed E-state index contributed by atoms with van der Waals surface area (Å²) in [5, 5.41) is 11.5. The van der Waals surface area contributed by atoms with Gasteiger partial charge < -0.3 is 15.3 Å². The van der Waals surface area contributed by atoms with E-state index in [0.717, 1.165) is 37.3 Å². The molecule has 0 radical (unpaired) electrons. The zero-order chi connectivity index (χ0) is 21.1. The first-order chi connectivity index (χ1) is 14.5. The Morgan fingerprint density at radius 2 is 1.87 bits per heavy atom. The summed E-state index contributed by atoms with van der Waals surface area (Å²) < 4.78 is 13.9. The van der Waals surface area contributed by atoms with E-state index in [9.17, 15) is 14.0 Å². The number of hydrogen-bond acceptors (Lipinski definition) is 5. The highest BCUT2D eigenvalue weighted by Gasteiger charge is 2.30. The second kappa shape index (κ2) is 8.77. The van der Waals surface area contributed by atoms with Crippen LogP contribution < -0.4 is 10.2 Å². The van der Waals surface area contributed by atoms with Gasteiger partial charge in [0.1, 0.15) is 23.7 Å². The van der Waals surface area contributed by atoms with Gasteiger partial charge in [-0.25, -0.2) is 19.2 Å². The molecule has 2 fully saturated rings. The molecule has 0 atom stereocenters. The maximum Gasteiger partial charge on any atom is 0.338 e. The van der Waals surface area contributed by atoms with Gasteiger partial charge in [0.2, 0.25) is 0 Å². The predicted molar refractivity (Wildman–Crippen MR) is 110 cm³/mol. The molecule has 0 bridgehead atoms. The average Bonchev–Trinajstić information content (AvgIpc) is 3.57. The van der Waals surface area contributed by atoms with Crippen LogP contribution in [0.4, 0.5) is 15.9 Å². The van der Waals surface area contributed by atoms with Crippen LogP contribution in [-0.2, 0) is 0 Å². The molecule has 2 aromatic rings. The Kier molecular flexibility index (Phi) is 5.92. The number of amides is 1. The number of carboxylic acids is 1. The largest absolute Gasteiger partial charge is 0.478 e. The average molecular weight is 412 g/mol. The first-order valence-electron chi connectivity index (χ1n) is 10.4. The van der Waals surface area contributed by atoms with Crippen LogP contribution in [0.3, 0.4) is 0 Å². The molecule has 1 amide bonds. The summed E-state index contributed by atoms with van der Waals surface area (Å²) in [4.78, 5) is 34.5. The van der Waals surface area contributed by atoms with E-state index in [1.807, 2.05) is 0 Å². The molecule has 0 aliphatic heterocycles. The molecule has 2 aliphatic carbocycles. The number of aromatic nitrogens is 2. The van der Waals surface area contributed by atoms with Gasteiger partial charge in [-0.3, -0.25) is 4.79 Å². The molecule has 1 heterocycles. The number of nitrogens with zero attached hydrogens (tertiary/aromatic N) is 3. The summed E-state index contributed by atoms with van der Waals surface area (Å²) in [6.45, 7) is 0.949. The Hall–Kier alpha value is -3.03. The van der Waals surface area contributed by atoms with E-state index < -0.39 is 23.3 Å². The lowest BCUT2D eigenvalue weighted by Gasteiger charge is -2.35. The van der Waals surface area contributed by atoms with Crippen molar-refractivity contribution in [3.63, 3.8) is 0 Å². The normalized spacial score (nSPS) is 16.8. The smallest absolute Gasteiger partial charge is 0.338 e. The van der Waals surface area contributed by atoms with Crippen LogP contribution in [0.15, 0.2) is 30.6 Å². The van der Waals surface area contributed by atoms with Gasteiger partial charge in [0.05, 0.1) is 5.56 Å². The molecule has 2 saturated carbocycles. The van der Waals surface area contributed by atoms with Crippen LogP contribution in [0.5, 0.6) is 0 Å². The van der Waals surface area contributed by atoms with Gasteiger partial charge in [-0.15, -0.1) is 0 Å². The molecule has 8 heteroatoms. The van der Waals surface area contributed by atoms with Crippen molar-refractivity contribution < 1.29 is 19.1 Å². The highest BCUT2D eigenvalue weighted by Crippen LogP contribution is 2.34. The number of carbonyl (C=O) groups is 2. The van der Waals surface area contributed by atoms with E-state index >= 15 is 0 Å². The molecule has 158 valence electrons. The fraction of sp³-hybridized carbons (Fsp3) is 0.455. The fourth-order valence-corrected chi connectivity index (χ4v) is 3.99. The summed E-state index contributed by atoms with van der Waals surface area (Å²) in [6.07, 6.45) is 9.81. The molecule has 2 N–H and O–H groups in total. The van der Waals surface area contributed by atoms with Crippen LogP contribution in [0, 0.1) is 11.7 Å². The molecule has 2 aliphatic rings. The summed E-state index contributed by atoms with van der Waals surface area (Å²) in [6, 6.07) is 5.59. The summed E-state index contributed by atoms with van der Waals surface area (Å²) in [7, 11) is 0. The Morgan fingerprint density at radius 3 is 2.53 bits per heavy atom. The molecule has 0 spiro atoms. The number of halogens is 1. The van der Waals surface area contributed by atoms with Crippen molar-refractivity contribution in [1.82, 2.24) is 9.97 Å². The van der Waals surface area contributed by atoms with Crippen molar-refractivity contribution in [1.29, 1.82) is 0 Å². The highest BCUT2D eigenvalue weighted by molar-refractivity contribution is 6.03. The summed E-state index contributed by atoms with van der Waals surface area (Å²) in [5.74, 6) is -1.31. The van der Waals surface area contributed by atoms with Gasteiger partial charge in [0, 0.05) is 24.3 Å². The van der Waals surface area contributed by atoms with E-state index in [1.54, 1.807) is 6.07 Å². The predicted octanol–water partition coefficient (Wildman–Crippen LogP) is 4.12. The van der Waals surface area contributed by atoms with E-state index in [-0.39, 0.29) is 11.4 Å². The second-order valence-electron chi connectivity index (χ2n) is 8.10. The Bertz CT molecular complexity index is 942. The van der Waals surface area contributed by atoms with Crippen LogP contribution in [0.2, 0.25) is 0 Å². The molecular formula is C22H25FN4O3. The maximum absolute atomic E-state index is 13.9. The molecule has 0 saturated heterocycles. The molecule has 0 unspecified atom stereocenters. The zero-order valence-electron chi connectivity index (χ0n) is 16.7. The first-order valence-corrected chi connectivity index (χ1v) is 10.4. The lowest BCUT2D eigenvalue weighted by molar-refractivity contribution is 0.0691. The molecular weight excluding hydrogens is 387 g/mol. The monoisotopic (exact) mass is 412 g/mol. The standard InChI is InChI=1S/C22H25FN4O3/c23-18-10-15(8-9-17(18)22(29)30)26-21(28)19-11-20(25-13-24-19)27(12-14-6-7-14)16-4-2-1-3-5-16/h8-11,13-14,16H,1-7,12H2,(H,26,28)(H,29,30). The fourth-order valence-electron chi connectivity index (χ4n) is 3.99. The zero-order valence-corrected chi connectivity index (χ0v) is 16.7. The molecule has 4 rings (SSSR count). The number of aromatic carboxylic acids is 1. The quantitative estimate of drug-likeness (QED) is 0.710. The molecule has 7 nitrogen and oxygen atoms in total. The number of rotatable bonds is 7. The minimum absolute atomic E-state index is 0.171. The van der Waals surface area contributed by atoms with Crippen molar-refractivity contribution in [3.05, 3.63) is 47.7 Å². The minimum atomic E-state index is -1.36. The van der Waals surface area contributed by atoms with Crippen LogP contribution in [-0.4, -0.2) is 39.5 Å². The Morgan fingerprint density at radius 1 is 1.10 bits per heavy atom. The number of carboxylic acid groups (broad SMARTS) is 1. The molecule has 30 heavy (non-hydrogen) atoms. The Balaban J connectivity index is 1.51. The van der Waals surface area contributed by atoms with Crippen molar-refractivity contribution in [2.75, 3.05) is 16.8 Å². The van der Waals surface area contributed by atoms with E-state index in [0.29, 0.717) is 12.0 Å². The van der Waals surface area contributed by atoms with Gasteiger partial charge in [-0.05, 0) is 49.8 Å². The van der Waals surface area contributed by atoms with Crippen molar-refractivity contribution in [2.45, 2.75) is 51.0 Å². The lowest BCUT2D eigenvalue weighted by Crippen LogP contribution is -2.39. The number of carbonyl (C=O) groups excluding carboxylic acids is 1. The van der Waals surface area contributed by atoms with E-state index in [2.05, 4.69) is 20.2 Å². The number of nitrogens with one attached hydrogen (secondary N) is 1. The van der Waals surface area contributed by atoms with Gasteiger partial charge in [0.15, 0.2) is 0 Å². The van der Waals surface area contributed by atoms with Gasteiger partial charge >= 0.3 is 5.97 Å². The van der Waals surface area contributed by atoms with Crippen molar-refractivity contribution >= 4 is 23.4 Å². The third-order valence-corrected chi connectivity index (χ3v) is 5.80. The van der Waals surface area contributed by atoms with Gasteiger partial charge in [-0.2, -0.15) is 0 Å². The highest BCUT2D eigenvalue weighted by atomic mass is 19.1. The number of hydrogen-bond donors (Lipinski definition) is 2. The summed E-state index contributed by atoms with van der Waals surface area (Å²) >= 11 is 0. The van der Waals surface area contributed by atoms with Crippen LogP contribution in [0.1, 0.15) is 65.8 Å². The maximum atomic E-state index is 13.9. The van der Waals surface area contributed by atoms with E-state index in [1.165, 1.54) is 44.5 Å². The SMILES string of the molecule is O=C(Nc1ccc(C(=O)O)c(F)c1)c1cc(N(CC2CC2)C2CCCCC2)ncn1. The third kappa shape index (κ3) is 4.75. The minimum Gasteiger partial charge on any atom is -0.478 e. The van der Waals surface area contributed by atoms with Crippen molar-refractivity contribution in [2.24, 2.45) is 5.92 Å². The second-order valence-corrected chi connectivity index (χ2v) is 8.10. The van der Waals surface area contributed by atoms with Crippen LogP contribution in [0.25, 0.3) is 0 Å². The van der Waals surface area contributed by atoms with Gasteiger partial charge in [0.25, 0.3) is 5.91 Å². The first kappa shape index (κ1) is 20.3. The van der Waals surface area contributed by atoms with E-state index in [4.69, 9.17) is 5.11 Å². The number of anilines is 2. The van der Waals surface area contributed by atoms with Gasteiger partial charge in [-0.1, -0.05) is 19.3 Å². The van der Waals surface area contributed by atoms with Crippen LogP contribution >= 0.6 is 0 Å².